The van der Waals surface area contributed by atoms with E-state index in [0.29, 0.717) is 12.6 Å². The van der Waals surface area contributed by atoms with Gasteiger partial charge in [-0.15, -0.1) is 0 Å². The Morgan fingerprint density at radius 1 is 1.45 bits per heavy atom. The third-order valence-electron chi connectivity index (χ3n) is 3.97. The van der Waals surface area contributed by atoms with Gasteiger partial charge in [0.05, 0.1) is 12.2 Å². The molecule has 1 atom stereocenters. The summed E-state index contributed by atoms with van der Waals surface area (Å²) in [5.41, 5.74) is 2.03. The summed E-state index contributed by atoms with van der Waals surface area (Å²) in [7, 11) is 0. The second kappa shape index (κ2) is 7.23. The summed E-state index contributed by atoms with van der Waals surface area (Å²) < 4.78 is 0.941. The lowest BCUT2D eigenvalue weighted by Crippen LogP contribution is -2.43. The fourth-order valence-corrected chi connectivity index (χ4v) is 3.42. The highest BCUT2D eigenvalue weighted by molar-refractivity contribution is 9.10. The highest BCUT2D eigenvalue weighted by Crippen LogP contribution is 2.24. The number of nitrogens with one attached hydrogen (secondary N) is 1. The Balaban J connectivity index is 1.94. The molecule has 1 N–H and O–H groups in total. The van der Waals surface area contributed by atoms with Gasteiger partial charge in [-0.1, -0.05) is 19.4 Å². The van der Waals surface area contributed by atoms with Crippen LogP contribution in [0, 0.1) is 6.92 Å². The van der Waals surface area contributed by atoms with E-state index in [-0.39, 0.29) is 5.91 Å². The molecule has 1 fully saturated rings. The third-order valence-corrected chi connectivity index (χ3v) is 4.62. The number of nitrogens with zero attached hydrogens (tertiary/aromatic N) is 1. The number of piperidine rings is 1. The summed E-state index contributed by atoms with van der Waals surface area (Å²) in [6.45, 7) is 5.78. The molecule has 2 rings (SSSR count). The minimum atomic E-state index is 0.0786. The molecule has 0 bridgehead atoms. The van der Waals surface area contributed by atoms with Crippen molar-refractivity contribution in [2.24, 2.45) is 0 Å². The summed E-state index contributed by atoms with van der Waals surface area (Å²) in [6, 6.07) is 6.54. The highest BCUT2D eigenvalue weighted by Gasteiger charge is 2.22. The first-order valence-corrected chi connectivity index (χ1v) is 8.19. The normalized spacial score (nSPS) is 19.9. The second-order valence-corrected chi connectivity index (χ2v) is 6.41. The van der Waals surface area contributed by atoms with Crippen LogP contribution in [-0.4, -0.2) is 29.9 Å². The van der Waals surface area contributed by atoms with E-state index in [1.54, 1.807) is 0 Å². The maximum atomic E-state index is 12.2. The monoisotopic (exact) mass is 338 g/mol. The molecule has 0 saturated carbocycles. The minimum absolute atomic E-state index is 0.0786. The van der Waals surface area contributed by atoms with E-state index in [2.05, 4.69) is 33.1 Å². The van der Waals surface area contributed by atoms with E-state index in [0.717, 1.165) is 23.1 Å². The molecule has 1 aliphatic heterocycles. The van der Waals surface area contributed by atoms with Crippen LogP contribution in [0.2, 0.25) is 0 Å². The number of amides is 1. The summed E-state index contributed by atoms with van der Waals surface area (Å²) in [6.07, 6.45) is 4.84. The average molecular weight is 339 g/mol. The Bertz CT molecular complexity index is 476. The molecule has 1 aliphatic rings. The SMILES string of the molecule is CCC1CCCCN1CC(=O)Nc1ccc(C)cc1Br. The van der Waals surface area contributed by atoms with Gasteiger partial charge >= 0.3 is 0 Å². The van der Waals surface area contributed by atoms with Crippen molar-refractivity contribution in [1.82, 2.24) is 4.90 Å². The lowest BCUT2D eigenvalue weighted by molar-refractivity contribution is -0.118. The number of carbonyl (C=O) groups excluding carboxylic acids is 1. The van der Waals surface area contributed by atoms with Crippen molar-refractivity contribution in [2.75, 3.05) is 18.4 Å². The van der Waals surface area contributed by atoms with Gasteiger partial charge in [0.2, 0.25) is 5.91 Å². The van der Waals surface area contributed by atoms with E-state index in [1.807, 2.05) is 25.1 Å². The van der Waals surface area contributed by atoms with Gasteiger partial charge in [0.15, 0.2) is 0 Å². The standard InChI is InChI=1S/C16H23BrN2O/c1-3-13-6-4-5-9-19(13)11-16(20)18-15-8-7-12(2)10-14(15)17/h7-8,10,13H,3-6,9,11H2,1-2H3,(H,18,20). The van der Waals surface area contributed by atoms with Gasteiger partial charge < -0.3 is 5.32 Å². The van der Waals surface area contributed by atoms with Crippen molar-refractivity contribution in [3.05, 3.63) is 28.2 Å². The quantitative estimate of drug-likeness (QED) is 0.901. The number of hydrogen-bond acceptors (Lipinski definition) is 2. The minimum Gasteiger partial charge on any atom is -0.324 e. The molecule has 1 heterocycles. The zero-order chi connectivity index (χ0) is 14.5. The number of hydrogen-bond donors (Lipinski definition) is 1. The zero-order valence-electron chi connectivity index (χ0n) is 12.3. The van der Waals surface area contributed by atoms with Gasteiger partial charge in [0, 0.05) is 10.5 Å². The van der Waals surface area contributed by atoms with Crippen LogP contribution in [0.3, 0.4) is 0 Å². The maximum Gasteiger partial charge on any atom is 0.238 e. The van der Waals surface area contributed by atoms with Crippen LogP contribution in [0.5, 0.6) is 0 Å². The Morgan fingerprint density at radius 3 is 2.95 bits per heavy atom. The first-order valence-electron chi connectivity index (χ1n) is 7.40. The van der Waals surface area contributed by atoms with Crippen LogP contribution < -0.4 is 5.32 Å². The molecule has 0 spiro atoms. The van der Waals surface area contributed by atoms with E-state index < -0.39 is 0 Å². The predicted molar refractivity (Wildman–Crippen MR) is 87.0 cm³/mol. The van der Waals surface area contributed by atoms with Crippen molar-refractivity contribution in [3.8, 4) is 0 Å². The number of aryl methyl sites for hydroxylation is 1. The van der Waals surface area contributed by atoms with E-state index >= 15 is 0 Å². The maximum absolute atomic E-state index is 12.2. The van der Waals surface area contributed by atoms with Crippen LogP contribution in [0.15, 0.2) is 22.7 Å². The second-order valence-electron chi connectivity index (χ2n) is 5.56. The Kier molecular flexibility index (Phi) is 5.61. The van der Waals surface area contributed by atoms with Crippen molar-refractivity contribution in [1.29, 1.82) is 0 Å². The van der Waals surface area contributed by atoms with E-state index in [4.69, 9.17) is 0 Å². The van der Waals surface area contributed by atoms with Crippen LogP contribution in [-0.2, 0) is 4.79 Å². The molecular formula is C16H23BrN2O. The first kappa shape index (κ1) is 15.5. The summed E-state index contributed by atoms with van der Waals surface area (Å²) in [5.74, 6) is 0.0786. The van der Waals surface area contributed by atoms with Crippen molar-refractivity contribution in [2.45, 2.75) is 45.6 Å². The molecule has 20 heavy (non-hydrogen) atoms. The molecular weight excluding hydrogens is 316 g/mol. The molecule has 0 aliphatic carbocycles. The van der Waals surface area contributed by atoms with Gasteiger partial charge in [-0.05, 0) is 66.4 Å². The Labute approximate surface area is 129 Å². The molecule has 3 nitrogen and oxygen atoms in total. The fraction of sp³-hybridized carbons (Fsp3) is 0.562. The topological polar surface area (TPSA) is 32.3 Å². The molecule has 0 radical (unpaired) electrons. The molecule has 0 aromatic heterocycles. The molecule has 4 heteroatoms. The van der Waals surface area contributed by atoms with Crippen LogP contribution in [0.4, 0.5) is 5.69 Å². The summed E-state index contributed by atoms with van der Waals surface area (Å²) in [5, 5.41) is 3.00. The third kappa shape index (κ3) is 4.06. The van der Waals surface area contributed by atoms with Crippen LogP contribution in [0.1, 0.15) is 38.2 Å². The molecule has 110 valence electrons. The Morgan fingerprint density at radius 2 is 2.25 bits per heavy atom. The summed E-state index contributed by atoms with van der Waals surface area (Å²) in [4.78, 5) is 14.5. The molecule has 1 unspecified atom stereocenters. The van der Waals surface area contributed by atoms with Gasteiger partial charge in [-0.25, -0.2) is 0 Å². The zero-order valence-corrected chi connectivity index (χ0v) is 13.9. The fourth-order valence-electron chi connectivity index (χ4n) is 2.83. The number of carbonyl (C=O) groups is 1. The van der Waals surface area contributed by atoms with Crippen molar-refractivity contribution < 1.29 is 4.79 Å². The lowest BCUT2D eigenvalue weighted by Gasteiger charge is -2.34. The predicted octanol–water partition coefficient (Wildman–Crippen LogP) is 3.96. The van der Waals surface area contributed by atoms with Gasteiger partial charge in [-0.2, -0.15) is 0 Å². The number of halogens is 1. The van der Waals surface area contributed by atoms with Crippen LogP contribution in [0.25, 0.3) is 0 Å². The number of likely N-dealkylation sites (tertiary alicyclic amines) is 1. The molecule has 1 aromatic rings. The number of rotatable bonds is 4. The Hall–Kier alpha value is -0.870. The van der Waals surface area contributed by atoms with Crippen LogP contribution >= 0.6 is 15.9 Å². The molecule has 1 amide bonds. The van der Waals surface area contributed by atoms with Gasteiger partial charge in [0.25, 0.3) is 0 Å². The van der Waals surface area contributed by atoms with E-state index in [1.165, 1.54) is 24.8 Å². The van der Waals surface area contributed by atoms with Gasteiger partial charge in [0.1, 0.15) is 0 Å². The molecule has 1 aromatic carbocycles. The van der Waals surface area contributed by atoms with E-state index in [9.17, 15) is 4.79 Å². The average Bonchev–Trinajstić information content (AvgIpc) is 2.42. The molecule has 1 saturated heterocycles. The highest BCUT2D eigenvalue weighted by atomic mass is 79.9. The van der Waals surface area contributed by atoms with Crippen molar-refractivity contribution in [3.63, 3.8) is 0 Å². The van der Waals surface area contributed by atoms with Gasteiger partial charge in [-0.3, -0.25) is 9.69 Å². The first-order chi connectivity index (χ1) is 9.60. The smallest absolute Gasteiger partial charge is 0.238 e. The summed E-state index contributed by atoms with van der Waals surface area (Å²) >= 11 is 3.50. The van der Waals surface area contributed by atoms with Crippen molar-refractivity contribution >= 4 is 27.5 Å². The lowest BCUT2D eigenvalue weighted by atomic mass is 10.00. The largest absolute Gasteiger partial charge is 0.324 e. The number of anilines is 1. The number of benzene rings is 1.